The van der Waals surface area contributed by atoms with Gasteiger partial charge in [-0.1, -0.05) is 28.1 Å². The van der Waals surface area contributed by atoms with Crippen molar-refractivity contribution in [1.82, 2.24) is 0 Å². The Labute approximate surface area is 142 Å². The van der Waals surface area contributed by atoms with Crippen LogP contribution in [0.5, 0.6) is 5.75 Å². The van der Waals surface area contributed by atoms with Crippen molar-refractivity contribution >= 4 is 39.2 Å². The number of fused-ring (bicyclic) bond motifs is 1. The van der Waals surface area contributed by atoms with E-state index in [1.807, 2.05) is 24.3 Å². The van der Waals surface area contributed by atoms with E-state index in [4.69, 9.17) is 4.74 Å². The van der Waals surface area contributed by atoms with Gasteiger partial charge in [0.15, 0.2) is 5.75 Å². The molecule has 0 saturated heterocycles. The summed E-state index contributed by atoms with van der Waals surface area (Å²) in [5.74, 6) is -0.651. The van der Waals surface area contributed by atoms with E-state index in [0.29, 0.717) is 18.0 Å². The van der Waals surface area contributed by atoms with Crippen LogP contribution in [-0.2, 0) is 9.59 Å². The Morgan fingerprint density at radius 2 is 1.96 bits per heavy atom. The maximum Gasteiger partial charge on any atom is 0.316 e. The van der Waals surface area contributed by atoms with Gasteiger partial charge in [0, 0.05) is 23.1 Å². The topological polar surface area (TPSA) is 67.4 Å². The minimum Gasteiger partial charge on any atom is -0.424 e. The number of rotatable bonds is 3. The smallest absolute Gasteiger partial charge is 0.316 e. The fourth-order valence-electron chi connectivity index (χ4n) is 2.33. The lowest BCUT2D eigenvalue weighted by Crippen LogP contribution is -2.29. The van der Waals surface area contributed by atoms with Gasteiger partial charge >= 0.3 is 5.97 Å². The maximum absolute atomic E-state index is 12.2. The first-order valence-corrected chi connectivity index (χ1v) is 8.01. The number of hydrogen-bond acceptors (Lipinski definition) is 4. The van der Waals surface area contributed by atoms with E-state index in [0.717, 1.165) is 10.2 Å². The molecule has 0 saturated carbocycles. The van der Waals surface area contributed by atoms with Crippen LogP contribution in [0.3, 0.4) is 0 Å². The molecule has 5 nitrogen and oxygen atoms in total. The van der Waals surface area contributed by atoms with Gasteiger partial charge < -0.3 is 15.4 Å². The van der Waals surface area contributed by atoms with E-state index >= 15 is 0 Å². The Morgan fingerprint density at radius 3 is 2.74 bits per heavy atom. The first-order valence-electron chi connectivity index (χ1n) is 7.22. The third-order valence-corrected chi connectivity index (χ3v) is 4.06. The second-order valence-corrected chi connectivity index (χ2v) is 6.17. The number of hydrogen-bond donors (Lipinski definition) is 2. The minimum absolute atomic E-state index is 0.0654. The average Bonchev–Trinajstić information content (AvgIpc) is 2.69. The largest absolute Gasteiger partial charge is 0.424 e. The van der Waals surface area contributed by atoms with E-state index in [2.05, 4.69) is 26.6 Å². The number of esters is 1. The minimum atomic E-state index is -0.530. The van der Waals surface area contributed by atoms with E-state index in [1.54, 1.807) is 24.3 Å². The third kappa shape index (κ3) is 3.90. The number of nitrogens with one attached hydrogen (secondary N) is 2. The summed E-state index contributed by atoms with van der Waals surface area (Å²) in [6.45, 7) is 0.365. The Balaban J connectivity index is 1.63. The van der Waals surface area contributed by atoms with Crippen molar-refractivity contribution in [1.29, 1.82) is 0 Å². The molecule has 1 aliphatic heterocycles. The van der Waals surface area contributed by atoms with Crippen molar-refractivity contribution in [2.75, 3.05) is 17.2 Å². The Hall–Kier alpha value is -2.34. The van der Waals surface area contributed by atoms with Gasteiger partial charge in [0.2, 0.25) is 5.91 Å². The Kier molecular flexibility index (Phi) is 4.62. The number of para-hydroxylation sites is 2. The summed E-state index contributed by atoms with van der Waals surface area (Å²) < 4.78 is 6.28. The summed E-state index contributed by atoms with van der Waals surface area (Å²) in [6.07, 6.45) is 0.0654. The van der Waals surface area contributed by atoms with Crippen molar-refractivity contribution < 1.29 is 14.3 Å². The van der Waals surface area contributed by atoms with Gasteiger partial charge in [-0.3, -0.25) is 9.59 Å². The lowest BCUT2D eigenvalue weighted by molar-refractivity contribution is -0.140. The Bertz CT molecular complexity index is 731. The van der Waals surface area contributed by atoms with Crippen molar-refractivity contribution in [3.63, 3.8) is 0 Å². The number of amides is 1. The molecule has 2 aromatic carbocycles. The molecule has 118 valence electrons. The van der Waals surface area contributed by atoms with Crippen LogP contribution < -0.4 is 15.4 Å². The molecular weight excluding hydrogens is 360 g/mol. The van der Waals surface area contributed by atoms with Crippen molar-refractivity contribution in [2.45, 2.75) is 6.42 Å². The molecule has 3 rings (SSSR count). The fourth-order valence-corrected chi connectivity index (χ4v) is 2.60. The Morgan fingerprint density at radius 1 is 1.22 bits per heavy atom. The number of halogens is 1. The van der Waals surface area contributed by atoms with Crippen LogP contribution in [-0.4, -0.2) is 18.4 Å². The number of anilines is 2. The monoisotopic (exact) mass is 374 g/mol. The predicted octanol–water partition coefficient (Wildman–Crippen LogP) is 3.43. The lowest BCUT2D eigenvalue weighted by Gasteiger charge is -2.12. The normalized spacial score (nSPS) is 16.6. The zero-order chi connectivity index (χ0) is 16.2. The SMILES string of the molecule is O=C(CC1CNc2ccccc2OC1=O)Nc1ccc(Br)cc1. The molecule has 1 unspecified atom stereocenters. The zero-order valence-electron chi connectivity index (χ0n) is 12.2. The molecule has 2 aromatic rings. The predicted molar refractivity (Wildman–Crippen MR) is 91.4 cm³/mol. The standard InChI is InChI=1S/C17H15BrN2O3/c18-12-5-7-13(8-6-12)20-16(21)9-11-10-19-14-3-1-2-4-15(14)23-17(11)22/h1-8,11,19H,9-10H2,(H,20,21). The molecule has 1 aliphatic rings. The van der Waals surface area contributed by atoms with Gasteiger partial charge in [-0.2, -0.15) is 0 Å². The summed E-state index contributed by atoms with van der Waals surface area (Å²) in [4.78, 5) is 24.3. The quantitative estimate of drug-likeness (QED) is 0.637. The molecule has 0 fully saturated rings. The first kappa shape index (κ1) is 15.6. The molecule has 0 aliphatic carbocycles. The maximum atomic E-state index is 12.2. The second-order valence-electron chi connectivity index (χ2n) is 5.25. The van der Waals surface area contributed by atoms with Crippen molar-refractivity contribution in [3.05, 3.63) is 53.0 Å². The summed E-state index contributed by atoms with van der Waals surface area (Å²) in [7, 11) is 0. The van der Waals surface area contributed by atoms with Crippen molar-refractivity contribution in [3.8, 4) is 5.75 Å². The third-order valence-electron chi connectivity index (χ3n) is 3.53. The van der Waals surface area contributed by atoms with Gasteiger partial charge in [-0.15, -0.1) is 0 Å². The molecule has 2 N–H and O–H groups in total. The van der Waals surface area contributed by atoms with Gasteiger partial charge in [0.1, 0.15) is 0 Å². The molecular formula is C17H15BrN2O3. The van der Waals surface area contributed by atoms with Crippen LogP contribution in [0, 0.1) is 5.92 Å². The van der Waals surface area contributed by atoms with E-state index in [-0.39, 0.29) is 12.3 Å². The summed E-state index contributed by atoms with van der Waals surface area (Å²) in [5, 5.41) is 5.93. The van der Waals surface area contributed by atoms with Gasteiger partial charge in [-0.25, -0.2) is 0 Å². The van der Waals surface area contributed by atoms with Crippen LogP contribution in [0.2, 0.25) is 0 Å². The van der Waals surface area contributed by atoms with E-state index in [1.165, 1.54) is 0 Å². The first-order chi connectivity index (χ1) is 11.1. The molecule has 0 spiro atoms. The fraction of sp³-hybridized carbons (Fsp3) is 0.176. The van der Waals surface area contributed by atoms with Crippen LogP contribution in [0.15, 0.2) is 53.0 Å². The van der Waals surface area contributed by atoms with E-state index < -0.39 is 11.9 Å². The average molecular weight is 375 g/mol. The van der Waals surface area contributed by atoms with Gasteiger partial charge in [0.05, 0.1) is 11.6 Å². The molecule has 1 atom stereocenters. The van der Waals surface area contributed by atoms with Gasteiger partial charge in [0.25, 0.3) is 0 Å². The molecule has 1 heterocycles. The highest BCUT2D eigenvalue weighted by Gasteiger charge is 2.27. The van der Waals surface area contributed by atoms with Crippen LogP contribution in [0.25, 0.3) is 0 Å². The summed E-state index contributed by atoms with van der Waals surface area (Å²) in [6, 6.07) is 14.5. The highest BCUT2D eigenvalue weighted by atomic mass is 79.9. The van der Waals surface area contributed by atoms with E-state index in [9.17, 15) is 9.59 Å². The van der Waals surface area contributed by atoms with Crippen LogP contribution >= 0.6 is 15.9 Å². The van der Waals surface area contributed by atoms with Crippen LogP contribution in [0.4, 0.5) is 11.4 Å². The lowest BCUT2D eigenvalue weighted by atomic mass is 10.1. The highest BCUT2D eigenvalue weighted by Crippen LogP contribution is 2.28. The molecule has 1 amide bonds. The summed E-state index contributed by atoms with van der Waals surface area (Å²) >= 11 is 3.34. The molecule has 6 heteroatoms. The number of ether oxygens (including phenoxy) is 1. The number of carbonyl (C=O) groups excluding carboxylic acids is 2. The molecule has 0 radical (unpaired) electrons. The number of benzene rings is 2. The molecule has 23 heavy (non-hydrogen) atoms. The molecule has 0 bridgehead atoms. The molecule has 0 aromatic heterocycles. The second kappa shape index (κ2) is 6.83. The van der Waals surface area contributed by atoms with Gasteiger partial charge in [-0.05, 0) is 36.4 Å². The van der Waals surface area contributed by atoms with Crippen molar-refractivity contribution in [2.24, 2.45) is 5.92 Å². The van der Waals surface area contributed by atoms with Crippen LogP contribution in [0.1, 0.15) is 6.42 Å². The highest BCUT2D eigenvalue weighted by molar-refractivity contribution is 9.10. The number of carbonyl (C=O) groups is 2. The summed E-state index contributed by atoms with van der Waals surface area (Å²) in [5.41, 5.74) is 1.45. The zero-order valence-corrected chi connectivity index (χ0v) is 13.8.